The van der Waals surface area contributed by atoms with Crippen LogP contribution in [0.25, 0.3) is 16.8 Å². The summed E-state index contributed by atoms with van der Waals surface area (Å²) in [5.41, 5.74) is 14.1. The molecular weight excluding hydrogens is 416 g/mol. The number of nitrogens with two attached hydrogens (primary N) is 1. The predicted molar refractivity (Wildman–Crippen MR) is 143 cm³/mol. The summed E-state index contributed by atoms with van der Waals surface area (Å²) in [6.07, 6.45) is 2.46. The Balaban J connectivity index is 1.76. The number of benzene rings is 4. The summed E-state index contributed by atoms with van der Waals surface area (Å²) in [7, 11) is 1.68. The Hall–Kier alpha value is -4.24. The second-order valence-corrected chi connectivity index (χ2v) is 8.08. The Morgan fingerprint density at radius 3 is 1.91 bits per heavy atom. The maximum absolute atomic E-state index is 6.69. The van der Waals surface area contributed by atoms with E-state index in [1.807, 2.05) is 30.3 Å². The SMILES string of the molecule is C=CC/C(N)=C(\c1ccc(-c2ccc(OC)cc2)cc1)N(Cc1ccccc1)c1ccccc1. The van der Waals surface area contributed by atoms with Gasteiger partial charge < -0.3 is 15.4 Å². The number of hydrogen-bond donors (Lipinski definition) is 1. The number of hydrogen-bond acceptors (Lipinski definition) is 3. The zero-order valence-corrected chi connectivity index (χ0v) is 19.5. The molecule has 0 radical (unpaired) electrons. The Labute approximate surface area is 202 Å². The lowest BCUT2D eigenvalue weighted by molar-refractivity contribution is 0.415. The molecule has 0 fully saturated rings. The van der Waals surface area contributed by atoms with Gasteiger partial charge in [0.25, 0.3) is 0 Å². The molecule has 2 N–H and O–H groups in total. The fourth-order valence-electron chi connectivity index (χ4n) is 4.04. The molecule has 0 aliphatic heterocycles. The highest BCUT2D eigenvalue weighted by Crippen LogP contribution is 2.32. The molecule has 0 amide bonds. The van der Waals surface area contributed by atoms with E-state index in [9.17, 15) is 0 Å². The monoisotopic (exact) mass is 446 g/mol. The highest BCUT2D eigenvalue weighted by atomic mass is 16.5. The second-order valence-electron chi connectivity index (χ2n) is 8.08. The molecule has 0 spiro atoms. The van der Waals surface area contributed by atoms with Crippen molar-refractivity contribution in [3.63, 3.8) is 0 Å². The van der Waals surface area contributed by atoms with Gasteiger partial charge in [0.2, 0.25) is 0 Å². The van der Waals surface area contributed by atoms with E-state index >= 15 is 0 Å². The van der Waals surface area contributed by atoms with Crippen molar-refractivity contribution in [3.8, 4) is 16.9 Å². The fourth-order valence-corrected chi connectivity index (χ4v) is 4.04. The van der Waals surface area contributed by atoms with Crippen LogP contribution >= 0.6 is 0 Å². The molecule has 170 valence electrons. The average molecular weight is 447 g/mol. The molecule has 0 bridgehead atoms. The number of rotatable bonds is 9. The van der Waals surface area contributed by atoms with Gasteiger partial charge in [-0.05, 0) is 46.5 Å². The van der Waals surface area contributed by atoms with Crippen LogP contribution in [-0.4, -0.2) is 7.11 Å². The molecule has 0 aromatic heterocycles. The van der Waals surface area contributed by atoms with Crippen molar-refractivity contribution < 1.29 is 4.74 Å². The first-order valence-corrected chi connectivity index (χ1v) is 11.4. The minimum Gasteiger partial charge on any atom is -0.497 e. The standard InChI is InChI=1S/C31H30N2O/c1-3-10-30(32)31(27-17-15-25(16-18-27)26-19-21-29(34-2)22-20-26)33(28-13-8-5-9-14-28)23-24-11-6-4-7-12-24/h3-9,11-22H,1,10,23,32H2,2H3/b31-30-. The molecule has 4 aromatic carbocycles. The molecule has 0 aliphatic carbocycles. The van der Waals surface area contributed by atoms with Crippen LogP contribution in [0, 0.1) is 0 Å². The Morgan fingerprint density at radius 1 is 0.794 bits per heavy atom. The topological polar surface area (TPSA) is 38.5 Å². The third kappa shape index (κ3) is 5.38. The van der Waals surface area contributed by atoms with E-state index < -0.39 is 0 Å². The van der Waals surface area contributed by atoms with Gasteiger partial charge in [-0.3, -0.25) is 0 Å². The van der Waals surface area contributed by atoms with Crippen LogP contribution in [0.15, 0.2) is 128 Å². The number of nitrogens with zero attached hydrogens (tertiary/aromatic N) is 1. The van der Waals surface area contributed by atoms with Gasteiger partial charge in [-0.1, -0.05) is 91.0 Å². The third-order valence-electron chi connectivity index (χ3n) is 5.77. The number of anilines is 1. The molecular formula is C31H30N2O. The summed E-state index contributed by atoms with van der Waals surface area (Å²) >= 11 is 0. The van der Waals surface area contributed by atoms with E-state index in [0.29, 0.717) is 13.0 Å². The molecule has 3 nitrogen and oxygen atoms in total. The van der Waals surface area contributed by atoms with Crippen LogP contribution < -0.4 is 15.4 Å². The van der Waals surface area contributed by atoms with Gasteiger partial charge in [0.15, 0.2) is 0 Å². The van der Waals surface area contributed by atoms with E-state index in [1.54, 1.807) is 7.11 Å². The molecule has 34 heavy (non-hydrogen) atoms. The average Bonchev–Trinajstić information content (AvgIpc) is 2.90. The molecule has 4 aromatic rings. The maximum atomic E-state index is 6.69. The van der Waals surface area contributed by atoms with E-state index in [0.717, 1.165) is 39.5 Å². The Kier molecular flexibility index (Phi) is 7.46. The van der Waals surface area contributed by atoms with Crippen LogP contribution in [0.4, 0.5) is 5.69 Å². The number of para-hydroxylation sites is 1. The van der Waals surface area contributed by atoms with E-state index in [1.165, 1.54) is 5.56 Å². The molecule has 0 heterocycles. The van der Waals surface area contributed by atoms with Crippen molar-refractivity contribution in [2.24, 2.45) is 5.73 Å². The smallest absolute Gasteiger partial charge is 0.118 e. The van der Waals surface area contributed by atoms with Crippen molar-refractivity contribution in [2.75, 3.05) is 12.0 Å². The number of allylic oxidation sites excluding steroid dienone is 1. The van der Waals surface area contributed by atoms with Crippen LogP contribution in [0.2, 0.25) is 0 Å². The summed E-state index contributed by atoms with van der Waals surface area (Å²) in [6, 6.07) is 37.5. The largest absolute Gasteiger partial charge is 0.497 e. The number of methoxy groups -OCH3 is 1. The van der Waals surface area contributed by atoms with Crippen LogP contribution in [0.1, 0.15) is 17.5 Å². The first kappa shape index (κ1) is 22.9. The van der Waals surface area contributed by atoms with Gasteiger partial charge in [-0.15, -0.1) is 6.58 Å². The Morgan fingerprint density at radius 2 is 1.35 bits per heavy atom. The lowest BCUT2D eigenvalue weighted by Gasteiger charge is -2.30. The first-order valence-electron chi connectivity index (χ1n) is 11.4. The summed E-state index contributed by atoms with van der Waals surface area (Å²) < 4.78 is 5.29. The summed E-state index contributed by atoms with van der Waals surface area (Å²) in [6.45, 7) is 4.62. The van der Waals surface area contributed by atoms with Gasteiger partial charge in [-0.2, -0.15) is 0 Å². The molecule has 0 saturated carbocycles. The molecule has 0 atom stereocenters. The minimum atomic E-state index is 0.605. The molecule has 4 rings (SSSR count). The number of ether oxygens (including phenoxy) is 1. The van der Waals surface area contributed by atoms with E-state index in [2.05, 4.69) is 96.4 Å². The molecule has 3 heteroatoms. The molecule has 0 saturated heterocycles. The molecule has 0 unspecified atom stereocenters. The summed E-state index contributed by atoms with van der Waals surface area (Å²) in [5, 5.41) is 0. The van der Waals surface area contributed by atoms with Crippen molar-refractivity contribution in [3.05, 3.63) is 139 Å². The normalized spacial score (nSPS) is 11.4. The van der Waals surface area contributed by atoms with Crippen LogP contribution in [-0.2, 0) is 6.54 Å². The van der Waals surface area contributed by atoms with Crippen molar-refractivity contribution in [1.82, 2.24) is 0 Å². The zero-order valence-electron chi connectivity index (χ0n) is 19.5. The third-order valence-corrected chi connectivity index (χ3v) is 5.77. The van der Waals surface area contributed by atoms with E-state index in [-0.39, 0.29) is 0 Å². The van der Waals surface area contributed by atoms with Crippen LogP contribution in [0.3, 0.4) is 0 Å². The van der Waals surface area contributed by atoms with Crippen LogP contribution in [0.5, 0.6) is 5.75 Å². The van der Waals surface area contributed by atoms with Gasteiger partial charge in [0.05, 0.1) is 12.8 Å². The quantitative estimate of drug-likeness (QED) is 0.275. The van der Waals surface area contributed by atoms with Gasteiger partial charge >= 0.3 is 0 Å². The highest BCUT2D eigenvalue weighted by Gasteiger charge is 2.18. The van der Waals surface area contributed by atoms with Crippen molar-refractivity contribution in [1.29, 1.82) is 0 Å². The second kappa shape index (κ2) is 11.1. The van der Waals surface area contributed by atoms with Crippen molar-refractivity contribution in [2.45, 2.75) is 13.0 Å². The maximum Gasteiger partial charge on any atom is 0.118 e. The van der Waals surface area contributed by atoms with E-state index in [4.69, 9.17) is 10.5 Å². The highest BCUT2D eigenvalue weighted by molar-refractivity contribution is 5.82. The zero-order chi connectivity index (χ0) is 23.8. The van der Waals surface area contributed by atoms with Gasteiger partial charge in [0, 0.05) is 24.4 Å². The van der Waals surface area contributed by atoms with Gasteiger partial charge in [0.1, 0.15) is 5.75 Å². The lowest BCUT2D eigenvalue weighted by atomic mass is 10.00. The van der Waals surface area contributed by atoms with Crippen molar-refractivity contribution >= 4 is 11.4 Å². The predicted octanol–water partition coefficient (Wildman–Crippen LogP) is 7.27. The summed E-state index contributed by atoms with van der Waals surface area (Å²) in [5.74, 6) is 0.849. The summed E-state index contributed by atoms with van der Waals surface area (Å²) in [4.78, 5) is 2.29. The Bertz CT molecular complexity index is 1230. The minimum absolute atomic E-state index is 0.605. The first-order chi connectivity index (χ1) is 16.7. The molecule has 0 aliphatic rings. The lowest BCUT2D eigenvalue weighted by Crippen LogP contribution is -2.24. The fraction of sp³-hybridized carbons (Fsp3) is 0.0968. The van der Waals surface area contributed by atoms with Gasteiger partial charge in [-0.25, -0.2) is 0 Å².